The molecule has 2 nitrogen and oxygen atoms in total. The average Bonchev–Trinajstić information content (AvgIpc) is 2.38. The van der Waals surface area contributed by atoms with Crippen LogP contribution in [-0.2, 0) is 6.42 Å². The van der Waals surface area contributed by atoms with Gasteiger partial charge in [0.2, 0.25) is 0 Å². The number of nitrogens with zero attached hydrogens (tertiary/aromatic N) is 1. The predicted octanol–water partition coefficient (Wildman–Crippen LogP) is 3.08. The lowest BCUT2D eigenvalue weighted by Gasteiger charge is -2.31. The van der Waals surface area contributed by atoms with Gasteiger partial charge in [0, 0.05) is 18.3 Å². The van der Waals surface area contributed by atoms with Crippen LogP contribution in [0, 0.1) is 0 Å². The average molecular weight is 232 g/mol. The Morgan fingerprint density at radius 3 is 2.59 bits per heavy atom. The number of likely N-dealkylation sites (N-methyl/N-ethyl adjacent to an activating group) is 1. The number of nitrogen functional groups attached to an aromatic ring is 1. The molecule has 0 amide bonds. The molecule has 94 valence electrons. The molecule has 1 aromatic rings. The van der Waals surface area contributed by atoms with Crippen LogP contribution < -0.4 is 5.73 Å². The van der Waals surface area contributed by atoms with Gasteiger partial charge in [-0.05, 0) is 37.9 Å². The molecule has 1 aromatic carbocycles. The SMILES string of the molecule is CN(CCc1ccccc1N)C1CCCCC1. The molecular formula is C15H24N2. The quantitative estimate of drug-likeness (QED) is 0.808. The monoisotopic (exact) mass is 232 g/mol. The second-order valence-corrected chi connectivity index (χ2v) is 5.22. The van der Waals surface area contributed by atoms with Crippen LogP contribution >= 0.6 is 0 Å². The summed E-state index contributed by atoms with van der Waals surface area (Å²) >= 11 is 0. The molecule has 0 heterocycles. The molecule has 0 spiro atoms. The highest BCUT2D eigenvalue weighted by Gasteiger charge is 2.17. The Morgan fingerprint density at radius 1 is 1.18 bits per heavy atom. The fraction of sp³-hybridized carbons (Fsp3) is 0.600. The summed E-state index contributed by atoms with van der Waals surface area (Å²) in [4.78, 5) is 2.52. The number of rotatable bonds is 4. The lowest BCUT2D eigenvalue weighted by molar-refractivity contribution is 0.194. The number of hydrogen-bond acceptors (Lipinski definition) is 2. The molecule has 0 unspecified atom stereocenters. The minimum Gasteiger partial charge on any atom is -0.399 e. The minimum atomic E-state index is 0.800. The van der Waals surface area contributed by atoms with Gasteiger partial charge in [-0.1, -0.05) is 37.5 Å². The predicted molar refractivity (Wildman–Crippen MR) is 74.1 cm³/mol. The van der Waals surface area contributed by atoms with E-state index in [1.807, 2.05) is 12.1 Å². The van der Waals surface area contributed by atoms with Crippen molar-refractivity contribution in [3.8, 4) is 0 Å². The lowest BCUT2D eigenvalue weighted by atomic mass is 9.94. The van der Waals surface area contributed by atoms with E-state index in [2.05, 4.69) is 24.1 Å². The summed E-state index contributed by atoms with van der Waals surface area (Å²) < 4.78 is 0. The van der Waals surface area contributed by atoms with Crippen LogP contribution in [0.5, 0.6) is 0 Å². The van der Waals surface area contributed by atoms with Crippen LogP contribution in [0.4, 0.5) is 5.69 Å². The summed E-state index contributed by atoms with van der Waals surface area (Å²) in [5.41, 5.74) is 8.19. The van der Waals surface area contributed by atoms with Crippen molar-refractivity contribution in [2.24, 2.45) is 0 Å². The third kappa shape index (κ3) is 3.47. The van der Waals surface area contributed by atoms with Crippen molar-refractivity contribution in [1.29, 1.82) is 0 Å². The highest BCUT2D eigenvalue weighted by molar-refractivity contribution is 5.46. The Balaban J connectivity index is 1.83. The van der Waals surface area contributed by atoms with Gasteiger partial charge in [-0.3, -0.25) is 0 Å². The third-order valence-corrected chi connectivity index (χ3v) is 3.99. The minimum absolute atomic E-state index is 0.800. The number of benzene rings is 1. The highest BCUT2D eigenvalue weighted by atomic mass is 15.1. The molecule has 0 atom stereocenters. The van der Waals surface area contributed by atoms with Crippen molar-refractivity contribution >= 4 is 5.69 Å². The Kier molecular flexibility index (Phi) is 4.43. The maximum Gasteiger partial charge on any atom is 0.0347 e. The van der Waals surface area contributed by atoms with Crippen molar-refractivity contribution in [3.63, 3.8) is 0 Å². The molecule has 1 fully saturated rings. The fourth-order valence-corrected chi connectivity index (χ4v) is 2.76. The van der Waals surface area contributed by atoms with Gasteiger partial charge in [0.05, 0.1) is 0 Å². The van der Waals surface area contributed by atoms with E-state index in [4.69, 9.17) is 5.73 Å². The van der Waals surface area contributed by atoms with Crippen molar-refractivity contribution in [2.75, 3.05) is 19.3 Å². The molecule has 1 aliphatic rings. The van der Waals surface area contributed by atoms with E-state index in [9.17, 15) is 0 Å². The molecule has 0 aliphatic heterocycles. The van der Waals surface area contributed by atoms with Gasteiger partial charge in [0.1, 0.15) is 0 Å². The van der Waals surface area contributed by atoms with Crippen LogP contribution in [0.3, 0.4) is 0 Å². The van der Waals surface area contributed by atoms with Gasteiger partial charge in [0.25, 0.3) is 0 Å². The zero-order valence-electron chi connectivity index (χ0n) is 10.9. The Bertz CT molecular complexity index is 343. The summed E-state index contributed by atoms with van der Waals surface area (Å²) in [6, 6.07) is 9.02. The van der Waals surface area contributed by atoms with E-state index in [0.717, 1.165) is 24.7 Å². The second-order valence-electron chi connectivity index (χ2n) is 5.22. The van der Waals surface area contributed by atoms with Crippen LogP contribution in [0.15, 0.2) is 24.3 Å². The van der Waals surface area contributed by atoms with Crippen LogP contribution in [0.25, 0.3) is 0 Å². The summed E-state index contributed by atoms with van der Waals surface area (Å²) in [6.07, 6.45) is 8.06. The molecule has 1 saturated carbocycles. The van der Waals surface area contributed by atoms with Gasteiger partial charge >= 0.3 is 0 Å². The van der Waals surface area contributed by atoms with E-state index in [-0.39, 0.29) is 0 Å². The number of nitrogens with two attached hydrogens (primary N) is 1. The van der Waals surface area contributed by atoms with Gasteiger partial charge in [-0.15, -0.1) is 0 Å². The fourth-order valence-electron chi connectivity index (χ4n) is 2.76. The smallest absolute Gasteiger partial charge is 0.0347 e. The van der Waals surface area contributed by atoms with Gasteiger partial charge in [-0.2, -0.15) is 0 Å². The molecule has 2 heteroatoms. The normalized spacial score (nSPS) is 17.5. The molecule has 2 rings (SSSR count). The second kappa shape index (κ2) is 6.06. The van der Waals surface area contributed by atoms with E-state index in [1.165, 1.54) is 37.7 Å². The molecular weight excluding hydrogens is 208 g/mol. The standard InChI is InChI=1S/C15H24N2/c1-17(14-8-3-2-4-9-14)12-11-13-7-5-6-10-15(13)16/h5-7,10,14H,2-4,8-9,11-12,16H2,1H3. The maximum absolute atomic E-state index is 5.97. The Labute approximate surface area is 105 Å². The van der Waals surface area contributed by atoms with E-state index in [0.29, 0.717) is 0 Å². The Hall–Kier alpha value is -1.02. The van der Waals surface area contributed by atoms with Gasteiger partial charge in [0.15, 0.2) is 0 Å². The number of anilines is 1. The van der Waals surface area contributed by atoms with E-state index < -0.39 is 0 Å². The number of para-hydroxylation sites is 1. The third-order valence-electron chi connectivity index (χ3n) is 3.99. The molecule has 0 saturated heterocycles. The van der Waals surface area contributed by atoms with Crippen molar-refractivity contribution in [3.05, 3.63) is 29.8 Å². The largest absolute Gasteiger partial charge is 0.399 e. The molecule has 2 N–H and O–H groups in total. The molecule has 0 radical (unpaired) electrons. The van der Waals surface area contributed by atoms with Crippen molar-refractivity contribution < 1.29 is 0 Å². The number of hydrogen-bond donors (Lipinski definition) is 1. The Morgan fingerprint density at radius 2 is 1.88 bits per heavy atom. The summed E-state index contributed by atoms with van der Waals surface area (Å²) in [5.74, 6) is 0. The zero-order valence-corrected chi connectivity index (χ0v) is 10.9. The lowest BCUT2D eigenvalue weighted by Crippen LogP contribution is -2.34. The first kappa shape index (κ1) is 12.4. The maximum atomic E-state index is 5.97. The van der Waals surface area contributed by atoms with Gasteiger partial charge in [-0.25, -0.2) is 0 Å². The van der Waals surface area contributed by atoms with Crippen molar-refractivity contribution in [1.82, 2.24) is 4.90 Å². The summed E-state index contributed by atoms with van der Waals surface area (Å²) in [7, 11) is 2.26. The van der Waals surface area contributed by atoms with Crippen LogP contribution in [-0.4, -0.2) is 24.5 Å². The zero-order chi connectivity index (χ0) is 12.1. The molecule has 0 aromatic heterocycles. The first-order valence-electron chi connectivity index (χ1n) is 6.81. The van der Waals surface area contributed by atoms with E-state index in [1.54, 1.807) is 0 Å². The molecule has 1 aliphatic carbocycles. The first-order chi connectivity index (χ1) is 8.27. The topological polar surface area (TPSA) is 29.3 Å². The van der Waals surface area contributed by atoms with E-state index >= 15 is 0 Å². The first-order valence-corrected chi connectivity index (χ1v) is 6.81. The summed E-state index contributed by atoms with van der Waals surface area (Å²) in [5, 5.41) is 0. The molecule has 17 heavy (non-hydrogen) atoms. The van der Waals surface area contributed by atoms with Crippen LogP contribution in [0.2, 0.25) is 0 Å². The van der Waals surface area contributed by atoms with Crippen LogP contribution in [0.1, 0.15) is 37.7 Å². The summed E-state index contributed by atoms with van der Waals surface area (Å²) in [6.45, 7) is 1.12. The highest BCUT2D eigenvalue weighted by Crippen LogP contribution is 2.22. The molecule has 0 bridgehead atoms. The van der Waals surface area contributed by atoms with Crippen molar-refractivity contribution in [2.45, 2.75) is 44.6 Å². The van der Waals surface area contributed by atoms with Gasteiger partial charge < -0.3 is 10.6 Å².